The number of nitrogens with zero attached hydrogens (tertiary/aromatic N) is 2. The first-order valence-electron chi connectivity index (χ1n) is 10.8. The summed E-state index contributed by atoms with van der Waals surface area (Å²) in [7, 11) is 0. The summed E-state index contributed by atoms with van der Waals surface area (Å²) in [6, 6.07) is 21.1. The summed E-state index contributed by atoms with van der Waals surface area (Å²) < 4.78 is 18.0. The maximum atomic E-state index is 6.52. The Hall–Kier alpha value is -3.47. The van der Waals surface area contributed by atoms with Crippen molar-refractivity contribution in [1.82, 2.24) is 5.01 Å². The summed E-state index contributed by atoms with van der Waals surface area (Å²) in [4.78, 5) is 0. The lowest BCUT2D eigenvalue weighted by molar-refractivity contribution is -0.0194. The molecule has 0 radical (unpaired) electrons. The highest BCUT2D eigenvalue weighted by Gasteiger charge is 2.41. The highest BCUT2D eigenvalue weighted by atomic mass is 16.6. The molecule has 3 aliphatic rings. The SMILES string of the molecule is Cc1ccc(C)c([C@@H]2Oc3ccccc3[C@@H]3CC(c4ccc5c(c4)OCCO5)=NN32)c1. The van der Waals surface area contributed by atoms with Crippen LogP contribution in [0.4, 0.5) is 0 Å². The Balaban J connectivity index is 1.44. The number of fused-ring (bicyclic) bond motifs is 4. The summed E-state index contributed by atoms with van der Waals surface area (Å²) >= 11 is 0. The van der Waals surface area contributed by atoms with Crippen LogP contribution in [0.2, 0.25) is 0 Å². The molecule has 0 amide bonds. The van der Waals surface area contributed by atoms with Crippen molar-refractivity contribution in [3.8, 4) is 17.2 Å². The van der Waals surface area contributed by atoms with Gasteiger partial charge in [0.05, 0.1) is 11.8 Å². The molecule has 0 aliphatic carbocycles. The lowest BCUT2D eigenvalue weighted by Crippen LogP contribution is -2.34. The smallest absolute Gasteiger partial charge is 0.214 e. The molecular formula is C26H24N2O3. The first-order chi connectivity index (χ1) is 15.2. The summed E-state index contributed by atoms with van der Waals surface area (Å²) in [5.74, 6) is 2.53. The van der Waals surface area contributed by atoms with Crippen LogP contribution in [0.3, 0.4) is 0 Å². The fraction of sp³-hybridized carbons (Fsp3) is 0.269. The van der Waals surface area contributed by atoms with Crippen LogP contribution in [-0.4, -0.2) is 23.9 Å². The van der Waals surface area contributed by atoms with Gasteiger partial charge in [-0.2, -0.15) is 5.10 Å². The van der Waals surface area contributed by atoms with Gasteiger partial charge < -0.3 is 14.2 Å². The van der Waals surface area contributed by atoms with E-state index in [1.165, 1.54) is 16.7 Å². The molecule has 3 aliphatic heterocycles. The van der Waals surface area contributed by atoms with Crippen molar-refractivity contribution >= 4 is 5.71 Å². The fourth-order valence-electron chi connectivity index (χ4n) is 4.66. The Morgan fingerprint density at radius 1 is 0.839 bits per heavy atom. The maximum absolute atomic E-state index is 6.52. The fourth-order valence-corrected chi connectivity index (χ4v) is 4.66. The van der Waals surface area contributed by atoms with Gasteiger partial charge in [0.15, 0.2) is 11.5 Å². The van der Waals surface area contributed by atoms with E-state index < -0.39 is 0 Å². The Morgan fingerprint density at radius 2 is 1.68 bits per heavy atom. The van der Waals surface area contributed by atoms with Gasteiger partial charge in [-0.15, -0.1) is 0 Å². The van der Waals surface area contributed by atoms with Crippen LogP contribution in [0.15, 0.2) is 65.8 Å². The van der Waals surface area contributed by atoms with E-state index in [0.717, 1.165) is 40.5 Å². The maximum Gasteiger partial charge on any atom is 0.214 e. The molecule has 0 fully saturated rings. The van der Waals surface area contributed by atoms with E-state index in [1.54, 1.807) is 0 Å². The van der Waals surface area contributed by atoms with Crippen LogP contribution in [0.1, 0.15) is 46.5 Å². The van der Waals surface area contributed by atoms with Crippen molar-refractivity contribution in [2.75, 3.05) is 13.2 Å². The molecule has 0 aromatic heterocycles. The zero-order valence-corrected chi connectivity index (χ0v) is 17.7. The van der Waals surface area contributed by atoms with Crippen LogP contribution in [0.25, 0.3) is 0 Å². The standard InChI is InChI=1S/C26H24N2O3/c1-16-7-8-17(2)20(13-16)26-28-22(19-5-3-4-6-23(19)31-26)15-21(27-28)18-9-10-24-25(14-18)30-12-11-29-24/h3-10,13-14,22,26H,11-12,15H2,1-2H3/t22-,26-/m0/s1. The van der Waals surface area contributed by atoms with E-state index in [-0.39, 0.29) is 12.3 Å². The van der Waals surface area contributed by atoms with Crippen LogP contribution in [0, 0.1) is 13.8 Å². The minimum Gasteiger partial charge on any atom is -0.486 e. The second-order valence-corrected chi connectivity index (χ2v) is 8.37. The van der Waals surface area contributed by atoms with Gasteiger partial charge in [0.25, 0.3) is 0 Å². The topological polar surface area (TPSA) is 43.3 Å². The van der Waals surface area contributed by atoms with Gasteiger partial charge in [-0.05, 0) is 43.7 Å². The summed E-state index contributed by atoms with van der Waals surface area (Å²) in [5.41, 5.74) is 6.87. The third-order valence-electron chi connectivity index (χ3n) is 6.28. The highest BCUT2D eigenvalue weighted by molar-refractivity contribution is 6.02. The van der Waals surface area contributed by atoms with E-state index in [2.05, 4.69) is 61.3 Å². The zero-order chi connectivity index (χ0) is 20.9. The molecular weight excluding hydrogens is 388 g/mol. The molecule has 0 saturated carbocycles. The number of para-hydroxylation sites is 1. The van der Waals surface area contributed by atoms with Gasteiger partial charge in [-0.25, -0.2) is 5.01 Å². The normalized spacial score (nSPS) is 21.1. The summed E-state index contributed by atoms with van der Waals surface area (Å²) in [6.45, 7) is 5.42. The molecule has 3 heterocycles. The minimum atomic E-state index is -0.255. The molecule has 3 aromatic rings. The zero-order valence-electron chi connectivity index (χ0n) is 17.7. The van der Waals surface area contributed by atoms with Gasteiger partial charge >= 0.3 is 0 Å². The van der Waals surface area contributed by atoms with E-state index in [9.17, 15) is 0 Å². The van der Waals surface area contributed by atoms with E-state index >= 15 is 0 Å². The molecule has 0 N–H and O–H groups in total. The van der Waals surface area contributed by atoms with Gasteiger partial charge in [0, 0.05) is 23.1 Å². The van der Waals surface area contributed by atoms with Crippen molar-refractivity contribution in [2.45, 2.75) is 32.5 Å². The van der Waals surface area contributed by atoms with Crippen LogP contribution < -0.4 is 14.2 Å². The predicted molar refractivity (Wildman–Crippen MR) is 119 cm³/mol. The molecule has 31 heavy (non-hydrogen) atoms. The van der Waals surface area contributed by atoms with Crippen molar-refractivity contribution in [1.29, 1.82) is 0 Å². The first kappa shape index (κ1) is 18.3. The van der Waals surface area contributed by atoms with Gasteiger partial charge in [0.1, 0.15) is 19.0 Å². The number of aryl methyl sites for hydroxylation is 2. The Morgan fingerprint density at radius 3 is 2.58 bits per heavy atom. The highest BCUT2D eigenvalue weighted by Crippen LogP contribution is 2.48. The molecule has 0 spiro atoms. The lowest BCUT2D eigenvalue weighted by atomic mass is 9.95. The average molecular weight is 412 g/mol. The third kappa shape index (κ3) is 3.03. The second kappa shape index (κ2) is 7.05. The summed E-state index contributed by atoms with van der Waals surface area (Å²) in [5, 5.41) is 7.22. The largest absolute Gasteiger partial charge is 0.486 e. The number of benzene rings is 3. The van der Waals surface area contributed by atoms with E-state index in [1.807, 2.05) is 18.2 Å². The van der Waals surface area contributed by atoms with Crippen molar-refractivity contribution in [2.24, 2.45) is 5.10 Å². The number of rotatable bonds is 2. The Kier molecular flexibility index (Phi) is 4.16. The van der Waals surface area contributed by atoms with Crippen molar-refractivity contribution < 1.29 is 14.2 Å². The quantitative estimate of drug-likeness (QED) is 0.572. The number of hydrazone groups is 1. The molecule has 5 heteroatoms. The van der Waals surface area contributed by atoms with E-state index in [0.29, 0.717) is 13.2 Å². The average Bonchev–Trinajstić information content (AvgIpc) is 3.26. The number of hydrogen-bond donors (Lipinski definition) is 0. The lowest BCUT2D eigenvalue weighted by Gasteiger charge is -2.38. The van der Waals surface area contributed by atoms with E-state index in [4.69, 9.17) is 19.3 Å². The molecule has 156 valence electrons. The van der Waals surface area contributed by atoms with Crippen LogP contribution >= 0.6 is 0 Å². The third-order valence-corrected chi connectivity index (χ3v) is 6.28. The van der Waals surface area contributed by atoms with Crippen LogP contribution in [-0.2, 0) is 0 Å². The minimum absolute atomic E-state index is 0.137. The molecule has 6 rings (SSSR count). The Bertz CT molecular complexity index is 1200. The van der Waals surface area contributed by atoms with Crippen molar-refractivity contribution in [3.63, 3.8) is 0 Å². The first-order valence-corrected chi connectivity index (χ1v) is 10.8. The van der Waals surface area contributed by atoms with Crippen molar-refractivity contribution in [3.05, 3.63) is 88.5 Å². The molecule has 0 unspecified atom stereocenters. The second-order valence-electron chi connectivity index (χ2n) is 8.37. The number of hydrogen-bond acceptors (Lipinski definition) is 5. The molecule has 2 atom stereocenters. The molecule has 5 nitrogen and oxygen atoms in total. The Labute approximate surface area is 181 Å². The number of ether oxygens (including phenoxy) is 3. The van der Waals surface area contributed by atoms with Crippen LogP contribution in [0.5, 0.6) is 17.2 Å². The monoisotopic (exact) mass is 412 g/mol. The molecule has 3 aromatic carbocycles. The molecule has 0 saturated heterocycles. The molecule has 0 bridgehead atoms. The van der Waals surface area contributed by atoms with Gasteiger partial charge in [0.2, 0.25) is 6.23 Å². The summed E-state index contributed by atoms with van der Waals surface area (Å²) in [6.07, 6.45) is 0.566. The van der Waals surface area contributed by atoms with Gasteiger partial charge in [-0.3, -0.25) is 0 Å². The van der Waals surface area contributed by atoms with Gasteiger partial charge in [-0.1, -0.05) is 42.0 Å². The predicted octanol–water partition coefficient (Wildman–Crippen LogP) is 5.32.